The predicted molar refractivity (Wildman–Crippen MR) is 43.1 cm³/mol. The number of hydrogen-bond acceptors (Lipinski definition) is 1. The van der Waals surface area contributed by atoms with Gasteiger partial charge in [-0.05, 0) is 6.08 Å². The molecule has 0 saturated heterocycles. The van der Waals surface area contributed by atoms with Crippen LogP contribution < -0.4 is 0 Å². The normalized spacial score (nSPS) is 13.5. The fourth-order valence-corrected chi connectivity index (χ4v) is 0.830. The number of imidazole rings is 1. The van der Waals surface area contributed by atoms with Gasteiger partial charge < -0.3 is 4.57 Å². The summed E-state index contributed by atoms with van der Waals surface area (Å²) in [6.07, 6.45) is -0.971. The highest BCUT2D eigenvalue weighted by atomic mass is 35.5. The third-order valence-corrected chi connectivity index (χ3v) is 1.72. The van der Waals surface area contributed by atoms with Crippen molar-refractivity contribution >= 4 is 17.7 Å². The topological polar surface area (TPSA) is 17.8 Å². The summed E-state index contributed by atoms with van der Waals surface area (Å²) in [6, 6.07) is 0. The van der Waals surface area contributed by atoms with E-state index in [0.717, 1.165) is 6.08 Å². The summed E-state index contributed by atoms with van der Waals surface area (Å²) in [5.41, 5.74) is 0.308. The highest BCUT2D eigenvalue weighted by molar-refractivity contribution is 6.32. The number of alkyl halides is 3. The number of nitrogens with zero attached hydrogens (tertiary/aromatic N) is 2. The molecule has 0 aromatic carbocycles. The predicted octanol–water partition coefficient (Wildman–Crippen LogP) is 2.56. The van der Waals surface area contributed by atoms with Crippen LogP contribution in [0.5, 0.6) is 0 Å². The molecule has 1 rings (SSSR count). The molecular weight excluding hydrogens is 205 g/mol. The van der Waals surface area contributed by atoms with Gasteiger partial charge in [0.1, 0.15) is 5.03 Å². The Morgan fingerprint density at radius 1 is 1.62 bits per heavy atom. The van der Waals surface area contributed by atoms with Crippen LogP contribution in [0.25, 0.3) is 6.08 Å². The van der Waals surface area contributed by atoms with E-state index in [-0.39, 0.29) is 0 Å². The Bertz CT molecular complexity index is 327. The number of halogens is 4. The van der Waals surface area contributed by atoms with Crippen LogP contribution in [0.2, 0.25) is 0 Å². The summed E-state index contributed by atoms with van der Waals surface area (Å²) in [4.78, 5) is 3.65. The molecule has 2 nitrogen and oxygen atoms in total. The Kier molecular flexibility index (Phi) is 2.66. The zero-order valence-corrected chi connectivity index (χ0v) is 7.39. The number of allylic oxidation sites excluding steroid dienone is 1. The average molecular weight is 211 g/mol. The number of rotatable bonds is 1. The maximum atomic E-state index is 11.9. The quantitative estimate of drug-likeness (QED) is 0.697. The molecule has 0 saturated carbocycles. The maximum absolute atomic E-state index is 11.9. The van der Waals surface area contributed by atoms with Gasteiger partial charge in [-0.15, -0.1) is 0 Å². The van der Waals surface area contributed by atoms with Gasteiger partial charge in [0.15, 0.2) is 0 Å². The minimum absolute atomic E-state index is 0.308. The Hall–Kier alpha value is -0.970. The highest BCUT2D eigenvalue weighted by Gasteiger charge is 2.32. The molecular formula is C7H6ClF3N2. The van der Waals surface area contributed by atoms with Crippen LogP contribution in [0.4, 0.5) is 13.2 Å². The summed E-state index contributed by atoms with van der Waals surface area (Å²) in [5.74, 6) is 0. The van der Waals surface area contributed by atoms with E-state index in [1.165, 1.54) is 17.1 Å². The van der Waals surface area contributed by atoms with Gasteiger partial charge in [0.25, 0.3) is 0 Å². The average Bonchev–Trinajstić information content (AvgIpc) is 2.34. The molecule has 0 amide bonds. The van der Waals surface area contributed by atoms with Crippen LogP contribution >= 0.6 is 11.6 Å². The second-order valence-corrected chi connectivity index (χ2v) is 2.83. The van der Waals surface area contributed by atoms with E-state index in [0.29, 0.717) is 5.69 Å². The first kappa shape index (κ1) is 10.1. The summed E-state index contributed by atoms with van der Waals surface area (Å²) in [6.45, 7) is 0. The first-order chi connectivity index (χ1) is 5.91. The smallest absolute Gasteiger partial charge is 0.334 e. The summed E-state index contributed by atoms with van der Waals surface area (Å²) < 4.78 is 37.3. The molecule has 1 aromatic rings. The van der Waals surface area contributed by atoms with Crippen molar-refractivity contribution in [2.45, 2.75) is 6.18 Å². The van der Waals surface area contributed by atoms with Gasteiger partial charge in [-0.3, -0.25) is 0 Å². The van der Waals surface area contributed by atoms with Crippen LogP contribution in [-0.2, 0) is 7.05 Å². The van der Waals surface area contributed by atoms with E-state index in [4.69, 9.17) is 11.6 Å². The fourth-order valence-electron chi connectivity index (χ4n) is 0.718. The van der Waals surface area contributed by atoms with Crippen molar-refractivity contribution in [1.82, 2.24) is 9.55 Å². The molecule has 13 heavy (non-hydrogen) atoms. The van der Waals surface area contributed by atoms with E-state index in [1.807, 2.05) is 0 Å². The molecule has 6 heteroatoms. The van der Waals surface area contributed by atoms with Crippen LogP contribution in [0.15, 0.2) is 17.6 Å². The molecule has 0 aliphatic carbocycles. The SMILES string of the molecule is Cn1cncc1C=C(Cl)C(F)(F)F. The van der Waals surface area contributed by atoms with Gasteiger partial charge >= 0.3 is 6.18 Å². The lowest BCUT2D eigenvalue weighted by molar-refractivity contribution is -0.0836. The van der Waals surface area contributed by atoms with E-state index in [1.54, 1.807) is 7.05 Å². The lowest BCUT2D eigenvalue weighted by Gasteiger charge is -2.03. The van der Waals surface area contributed by atoms with Gasteiger partial charge in [0.05, 0.1) is 18.2 Å². The number of aryl methyl sites for hydroxylation is 1. The monoisotopic (exact) mass is 210 g/mol. The first-order valence-corrected chi connectivity index (χ1v) is 3.70. The lowest BCUT2D eigenvalue weighted by Crippen LogP contribution is -2.07. The molecule has 0 N–H and O–H groups in total. The third-order valence-electron chi connectivity index (χ3n) is 1.40. The van der Waals surface area contributed by atoms with Crippen molar-refractivity contribution in [3.05, 3.63) is 23.3 Å². The molecule has 0 unspecified atom stereocenters. The second-order valence-electron chi connectivity index (χ2n) is 2.42. The second kappa shape index (κ2) is 3.41. The molecule has 0 spiro atoms. The van der Waals surface area contributed by atoms with Crippen LogP contribution in [0.1, 0.15) is 5.69 Å². The number of aromatic nitrogens is 2. The zero-order chi connectivity index (χ0) is 10.1. The van der Waals surface area contributed by atoms with Crippen molar-refractivity contribution in [2.24, 2.45) is 7.05 Å². The molecule has 0 fully saturated rings. The van der Waals surface area contributed by atoms with Crippen molar-refractivity contribution in [1.29, 1.82) is 0 Å². The maximum Gasteiger partial charge on any atom is 0.427 e. The van der Waals surface area contributed by atoms with Gasteiger partial charge in [-0.25, -0.2) is 4.98 Å². The molecule has 0 bridgehead atoms. The lowest BCUT2D eigenvalue weighted by atomic mass is 10.4. The third kappa shape index (κ3) is 2.48. The summed E-state index contributed by atoms with van der Waals surface area (Å²) in [5, 5.41) is -1.16. The summed E-state index contributed by atoms with van der Waals surface area (Å²) >= 11 is 5.02. The van der Waals surface area contributed by atoms with Gasteiger partial charge in [-0.2, -0.15) is 13.2 Å². The molecule has 0 radical (unpaired) electrons. The van der Waals surface area contributed by atoms with Crippen LogP contribution in [-0.4, -0.2) is 15.7 Å². The number of hydrogen-bond donors (Lipinski definition) is 0. The van der Waals surface area contributed by atoms with Gasteiger partial charge in [0, 0.05) is 7.05 Å². The van der Waals surface area contributed by atoms with Crippen molar-refractivity contribution in [3.63, 3.8) is 0 Å². The molecule has 0 aliphatic heterocycles. The van der Waals surface area contributed by atoms with Crippen molar-refractivity contribution in [2.75, 3.05) is 0 Å². The van der Waals surface area contributed by atoms with E-state index >= 15 is 0 Å². The van der Waals surface area contributed by atoms with Crippen molar-refractivity contribution < 1.29 is 13.2 Å². The highest BCUT2D eigenvalue weighted by Crippen LogP contribution is 2.29. The Balaban J connectivity index is 2.96. The minimum Gasteiger partial charge on any atom is -0.334 e. The fraction of sp³-hybridized carbons (Fsp3) is 0.286. The molecule has 1 aromatic heterocycles. The molecule has 0 aliphatic rings. The Labute approximate surface area is 77.6 Å². The molecule has 0 atom stereocenters. The molecule has 72 valence electrons. The van der Waals surface area contributed by atoms with E-state index < -0.39 is 11.2 Å². The Morgan fingerprint density at radius 2 is 2.23 bits per heavy atom. The van der Waals surface area contributed by atoms with Crippen LogP contribution in [0, 0.1) is 0 Å². The largest absolute Gasteiger partial charge is 0.427 e. The van der Waals surface area contributed by atoms with E-state index in [9.17, 15) is 13.2 Å². The first-order valence-electron chi connectivity index (χ1n) is 3.32. The van der Waals surface area contributed by atoms with E-state index in [2.05, 4.69) is 4.98 Å². The standard InChI is InChI=1S/C7H6ClF3N2/c1-13-4-12-3-5(13)2-6(8)7(9,10)11/h2-4H,1H3. The Morgan fingerprint density at radius 3 is 2.62 bits per heavy atom. The van der Waals surface area contributed by atoms with Gasteiger partial charge in [0.2, 0.25) is 0 Å². The van der Waals surface area contributed by atoms with Crippen molar-refractivity contribution in [3.8, 4) is 0 Å². The molecule has 1 heterocycles. The zero-order valence-electron chi connectivity index (χ0n) is 6.64. The van der Waals surface area contributed by atoms with Crippen LogP contribution in [0.3, 0.4) is 0 Å². The summed E-state index contributed by atoms with van der Waals surface area (Å²) in [7, 11) is 1.58. The van der Waals surface area contributed by atoms with Gasteiger partial charge in [-0.1, -0.05) is 11.6 Å². The minimum atomic E-state index is -4.49.